The van der Waals surface area contributed by atoms with Crippen molar-refractivity contribution >= 4 is 74.8 Å². The second-order valence-corrected chi connectivity index (χ2v) is 12.7. The molecule has 18 heteroatoms. The first-order valence-corrected chi connectivity index (χ1v) is 16.2. The van der Waals surface area contributed by atoms with Crippen molar-refractivity contribution in [1.82, 2.24) is 20.5 Å². The SMILES string of the molecule is Nc1nc(C(=NO)C(=O)N[C@@H]2C(=O)N3C(C(=O)[O-])=C(C(=C4CCNC4=O)c4ccc[n+](CC(=O)Nc5ccc(O)cc5)c4)CS[C@H]23)cs1. The number of β-lactam (4-membered cyclic amide) rings is 1. The van der Waals surface area contributed by atoms with E-state index >= 15 is 0 Å². The fourth-order valence-electron chi connectivity index (χ4n) is 5.59. The molecule has 3 aromatic rings. The standard InChI is InChI=1S/C30H26N8O8S2/c31-30-34-19(13-48-30)22(36-46)26(42)35-23-27(43)38-24(29(44)45)18(12-47-28(23)38)21(17-7-8-32-25(17)41)14-2-1-9-37(10-14)11-20(40)33-15-3-5-16(39)6-4-15/h1-6,9-10,13,23,28H,7-8,11-12H2,(H7-,31,32,33,34,35,36,39,40,41,42,44,45,46)/t23-,28-/m1/s1. The van der Waals surface area contributed by atoms with Gasteiger partial charge >= 0.3 is 0 Å². The molecule has 0 radical (unpaired) electrons. The number of anilines is 2. The van der Waals surface area contributed by atoms with Crippen molar-refractivity contribution in [2.45, 2.75) is 24.4 Å². The van der Waals surface area contributed by atoms with Gasteiger partial charge in [-0.1, -0.05) is 5.16 Å². The van der Waals surface area contributed by atoms with E-state index in [4.69, 9.17) is 5.73 Å². The number of oxime groups is 1. The van der Waals surface area contributed by atoms with Gasteiger partial charge in [-0.2, -0.15) is 4.57 Å². The Hall–Kier alpha value is -5.75. The average Bonchev–Trinajstić information content (AvgIpc) is 3.68. The number of phenolic OH excluding ortho intramolecular Hbond substituents is 1. The van der Waals surface area contributed by atoms with E-state index in [1.807, 2.05) is 0 Å². The molecule has 0 bridgehead atoms. The van der Waals surface area contributed by atoms with Crippen molar-refractivity contribution < 1.29 is 44.0 Å². The van der Waals surface area contributed by atoms with E-state index in [1.54, 1.807) is 41.2 Å². The summed E-state index contributed by atoms with van der Waals surface area (Å²) in [6.07, 6.45) is 3.51. The molecule has 3 aliphatic heterocycles. The fourth-order valence-corrected chi connectivity index (χ4v) is 7.49. The molecule has 4 amide bonds. The van der Waals surface area contributed by atoms with E-state index in [1.165, 1.54) is 29.3 Å². The van der Waals surface area contributed by atoms with Crippen LogP contribution in [0.3, 0.4) is 0 Å². The van der Waals surface area contributed by atoms with Gasteiger partial charge < -0.3 is 41.9 Å². The van der Waals surface area contributed by atoms with E-state index in [-0.39, 0.29) is 46.8 Å². The van der Waals surface area contributed by atoms with E-state index in [9.17, 15) is 39.4 Å². The Morgan fingerprint density at radius 3 is 2.62 bits per heavy atom. The van der Waals surface area contributed by atoms with Crippen molar-refractivity contribution in [3.63, 3.8) is 0 Å². The summed E-state index contributed by atoms with van der Waals surface area (Å²) < 4.78 is 1.56. The summed E-state index contributed by atoms with van der Waals surface area (Å²) in [4.78, 5) is 69.7. The van der Waals surface area contributed by atoms with Gasteiger partial charge in [0.25, 0.3) is 17.7 Å². The Morgan fingerprint density at radius 1 is 1.21 bits per heavy atom. The van der Waals surface area contributed by atoms with Gasteiger partial charge in [-0.15, -0.1) is 23.1 Å². The van der Waals surface area contributed by atoms with Crippen molar-refractivity contribution in [3.05, 3.63) is 82.3 Å². The van der Waals surface area contributed by atoms with Crippen LogP contribution in [0.1, 0.15) is 17.7 Å². The molecule has 2 fully saturated rings. The Morgan fingerprint density at radius 2 is 1.98 bits per heavy atom. The molecule has 2 atom stereocenters. The van der Waals surface area contributed by atoms with Crippen molar-refractivity contribution in [2.75, 3.05) is 23.3 Å². The second kappa shape index (κ2) is 13.2. The summed E-state index contributed by atoms with van der Waals surface area (Å²) in [5.74, 6) is -4.03. The number of fused-ring (bicyclic) bond motifs is 1. The molecule has 0 aliphatic carbocycles. The summed E-state index contributed by atoms with van der Waals surface area (Å²) >= 11 is 2.18. The van der Waals surface area contributed by atoms with Crippen molar-refractivity contribution in [1.29, 1.82) is 0 Å². The minimum Gasteiger partial charge on any atom is -0.543 e. The first-order valence-electron chi connectivity index (χ1n) is 14.3. The van der Waals surface area contributed by atoms with Crippen LogP contribution in [-0.4, -0.2) is 79.2 Å². The van der Waals surface area contributed by atoms with Crippen LogP contribution >= 0.6 is 23.1 Å². The van der Waals surface area contributed by atoms with Crippen LogP contribution in [0.15, 0.2) is 76.2 Å². The van der Waals surface area contributed by atoms with Gasteiger partial charge in [-0.05, 0) is 42.3 Å². The van der Waals surface area contributed by atoms with Crippen LogP contribution in [0, 0.1) is 0 Å². The molecule has 1 aromatic carbocycles. The summed E-state index contributed by atoms with van der Waals surface area (Å²) in [6, 6.07) is 8.10. The largest absolute Gasteiger partial charge is 0.543 e. The number of nitrogens with two attached hydrogens (primary N) is 1. The quantitative estimate of drug-likeness (QED) is 0.0300. The van der Waals surface area contributed by atoms with Gasteiger partial charge in [0.2, 0.25) is 12.5 Å². The molecule has 16 nitrogen and oxygen atoms in total. The molecule has 48 heavy (non-hydrogen) atoms. The number of carboxylic acids is 1. The minimum atomic E-state index is -1.66. The fraction of sp³-hybridized carbons (Fsp3) is 0.200. The van der Waals surface area contributed by atoms with E-state index < -0.39 is 46.5 Å². The Labute approximate surface area is 279 Å². The number of aliphatic carboxylic acids is 1. The first kappa shape index (κ1) is 32.2. The molecule has 0 saturated carbocycles. The van der Waals surface area contributed by atoms with Gasteiger partial charge in [0.05, 0.1) is 11.7 Å². The number of benzene rings is 1. The number of thioether (sulfide) groups is 1. The number of amides is 4. The number of carboxylic acid groups (broad SMARTS) is 1. The van der Waals surface area contributed by atoms with Crippen LogP contribution in [0.4, 0.5) is 10.8 Å². The monoisotopic (exact) mass is 690 g/mol. The van der Waals surface area contributed by atoms with Crippen molar-refractivity contribution in [2.24, 2.45) is 5.16 Å². The number of hydrogen-bond donors (Lipinski definition) is 6. The lowest BCUT2D eigenvalue weighted by atomic mass is 9.90. The molecule has 2 saturated heterocycles. The third kappa shape index (κ3) is 6.17. The Kier molecular flexibility index (Phi) is 8.83. The molecule has 0 unspecified atom stereocenters. The molecule has 2 aromatic heterocycles. The summed E-state index contributed by atoms with van der Waals surface area (Å²) in [5, 5.41) is 43.2. The highest BCUT2D eigenvalue weighted by Crippen LogP contribution is 2.45. The number of allylic oxidation sites excluding steroid dienone is 1. The summed E-state index contributed by atoms with van der Waals surface area (Å²) in [5.41, 5.74) is 6.36. The second-order valence-electron chi connectivity index (χ2n) is 10.7. The highest BCUT2D eigenvalue weighted by Gasteiger charge is 2.53. The molecular formula is C30H26N8O8S2. The van der Waals surface area contributed by atoms with Crippen LogP contribution in [0.25, 0.3) is 5.57 Å². The van der Waals surface area contributed by atoms with Gasteiger partial charge in [-0.25, -0.2) is 4.98 Å². The van der Waals surface area contributed by atoms with Gasteiger partial charge in [-0.3, -0.25) is 24.1 Å². The number of pyridine rings is 1. The Bertz CT molecular complexity index is 1960. The summed E-state index contributed by atoms with van der Waals surface area (Å²) in [6.45, 7) is 0.185. The van der Waals surface area contributed by atoms with E-state index in [0.29, 0.717) is 28.9 Å². The topological polar surface area (TPSA) is 243 Å². The van der Waals surface area contributed by atoms with E-state index in [2.05, 4.69) is 26.1 Å². The molecule has 0 spiro atoms. The zero-order valence-electron chi connectivity index (χ0n) is 24.7. The molecule has 3 aliphatic rings. The smallest absolute Gasteiger partial charge is 0.290 e. The lowest BCUT2D eigenvalue weighted by Gasteiger charge is -2.51. The number of carbonyl (C=O) groups excluding carboxylic acids is 5. The number of carbonyl (C=O) groups is 5. The zero-order valence-corrected chi connectivity index (χ0v) is 26.3. The molecule has 246 valence electrons. The van der Waals surface area contributed by atoms with Gasteiger partial charge in [0.1, 0.15) is 22.9 Å². The first-order chi connectivity index (χ1) is 23.0. The Balaban J connectivity index is 1.30. The van der Waals surface area contributed by atoms with Crippen LogP contribution in [0.2, 0.25) is 0 Å². The van der Waals surface area contributed by atoms with Crippen molar-refractivity contribution in [3.8, 4) is 5.75 Å². The lowest BCUT2D eigenvalue weighted by molar-refractivity contribution is -0.684. The third-order valence-corrected chi connectivity index (χ3v) is 9.64. The number of nitrogens with one attached hydrogen (secondary N) is 3. The average molecular weight is 691 g/mol. The number of thiazole rings is 1. The minimum absolute atomic E-state index is 0.000857. The molecule has 6 rings (SSSR count). The number of aromatic nitrogens is 2. The molecular weight excluding hydrogens is 665 g/mol. The summed E-state index contributed by atoms with van der Waals surface area (Å²) in [7, 11) is 0. The highest BCUT2D eigenvalue weighted by atomic mass is 32.2. The molecule has 7 N–H and O–H groups in total. The molecule has 5 heterocycles. The van der Waals surface area contributed by atoms with Gasteiger partial charge in [0.15, 0.2) is 23.2 Å². The number of phenols is 1. The predicted molar refractivity (Wildman–Crippen MR) is 170 cm³/mol. The van der Waals surface area contributed by atoms with Crippen LogP contribution in [-0.2, 0) is 30.5 Å². The van der Waals surface area contributed by atoms with E-state index in [0.717, 1.165) is 16.2 Å². The van der Waals surface area contributed by atoms with Crippen LogP contribution < -0.4 is 31.4 Å². The van der Waals surface area contributed by atoms with Gasteiger partial charge in [0, 0.05) is 46.1 Å². The number of nitrogens with zero attached hydrogens (tertiary/aromatic N) is 4. The highest BCUT2D eigenvalue weighted by molar-refractivity contribution is 8.00. The maximum Gasteiger partial charge on any atom is 0.290 e. The lowest BCUT2D eigenvalue weighted by Crippen LogP contribution is -2.71. The number of aromatic hydroxyl groups is 1. The number of nitrogen functional groups attached to an aromatic ring is 1. The van der Waals surface area contributed by atoms with Crippen LogP contribution in [0.5, 0.6) is 5.75 Å². The third-order valence-electron chi connectivity index (χ3n) is 7.69. The normalized spacial score (nSPS) is 20.1. The zero-order chi connectivity index (χ0) is 34.1. The maximum atomic E-state index is 13.4. The predicted octanol–water partition coefficient (Wildman–Crippen LogP) is -1.09. The number of hydrogen-bond acceptors (Lipinski definition) is 13. The number of rotatable bonds is 9. The maximum absolute atomic E-state index is 13.4.